The fourth-order valence-corrected chi connectivity index (χ4v) is 3.38. The van der Waals surface area contributed by atoms with Gasteiger partial charge in [-0.1, -0.05) is 0 Å². The molecule has 2 heterocycles. The number of benzene rings is 1. The number of Topliss-reactive ketones (excluding diaryl/α,β-unsaturated/α-hetero) is 1. The fourth-order valence-electron chi connectivity index (χ4n) is 3.38. The van der Waals surface area contributed by atoms with Gasteiger partial charge in [0, 0.05) is 5.92 Å². The predicted octanol–water partition coefficient (Wildman–Crippen LogP) is 2.38. The number of hydrogen-bond donors (Lipinski definition) is 0. The van der Waals surface area contributed by atoms with Crippen molar-refractivity contribution in [2.75, 3.05) is 13.1 Å². The molecule has 0 N–H and O–H groups in total. The van der Waals surface area contributed by atoms with Gasteiger partial charge in [-0.25, -0.2) is 13.5 Å². The number of hydrogen-bond acceptors (Lipinski definition) is 5. The summed E-state index contributed by atoms with van der Waals surface area (Å²) >= 11 is 0. The normalized spacial score (nSPS) is 19.3. The van der Waals surface area contributed by atoms with E-state index in [1.165, 1.54) is 0 Å². The molecule has 6 nitrogen and oxygen atoms in total. The summed E-state index contributed by atoms with van der Waals surface area (Å²) in [6, 6.07) is 3.46. The number of piperidine rings is 1. The van der Waals surface area contributed by atoms with Gasteiger partial charge in [-0.15, -0.1) is 5.10 Å². The van der Waals surface area contributed by atoms with Crippen LogP contribution in [0, 0.1) is 17.6 Å². The highest BCUT2D eigenvalue weighted by Crippen LogP contribution is 2.34. The Hall–Kier alpha value is -2.22. The van der Waals surface area contributed by atoms with E-state index in [-0.39, 0.29) is 17.3 Å². The van der Waals surface area contributed by atoms with Gasteiger partial charge in [-0.05, 0) is 67.4 Å². The molecule has 1 aliphatic carbocycles. The van der Waals surface area contributed by atoms with Crippen LogP contribution < -0.4 is 0 Å². The van der Waals surface area contributed by atoms with E-state index in [0.29, 0.717) is 38.5 Å². The lowest BCUT2D eigenvalue weighted by atomic mass is 9.88. The molecule has 0 spiro atoms. The molecule has 0 radical (unpaired) electrons. The molecule has 1 saturated carbocycles. The quantitative estimate of drug-likeness (QED) is 0.777. The number of aromatic nitrogens is 4. The third kappa shape index (κ3) is 3.44. The molecule has 25 heavy (non-hydrogen) atoms. The molecule has 2 aromatic rings. The van der Waals surface area contributed by atoms with Gasteiger partial charge in [0.2, 0.25) is 0 Å². The summed E-state index contributed by atoms with van der Waals surface area (Å²) in [7, 11) is 0. The molecule has 2 fully saturated rings. The summed E-state index contributed by atoms with van der Waals surface area (Å²) < 4.78 is 29.0. The molecule has 4 rings (SSSR count). The number of ketones is 1. The SMILES string of the molecule is O=C(c1cc(F)ccc1F)C1CCN(Cc2nnnn2C2CC2)CC1. The van der Waals surface area contributed by atoms with Crippen molar-refractivity contribution in [1.29, 1.82) is 0 Å². The molecule has 1 aromatic carbocycles. The van der Waals surface area contributed by atoms with Crippen LogP contribution in [-0.2, 0) is 6.54 Å². The smallest absolute Gasteiger partial charge is 0.169 e. The number of rotatable bonds is 5. The Balaban J connectivity index is 1.37. The second-order valence-corrected chi connectivity index (χ2v) is 6.81. The molecule has 0 atom stereocenters. The zero-order valence-electron chi connectivity index (χ0n) is 13.7. The van der Waals surface area contributed by atoms with Crippen LogP contribution in [0.4, 0.5) is 8.78 Å². The lowest BCUT2D eigenvalue weighted by molar-refractivity contribution is 0.0826. The van der Waals surface area contributed by atoms with Crippen LogP contribution in [0.3, 0.4) is 0 Å². The second kappa shape index (κ2) is 6.59. The number of carbonyl (C=O) groups is 1. The highest BCUT2D eigenvalue weighted by molar-refractivity contribution is 5.98. The Bertz CT molecular complexity index is 781. The van der Waals surface area contributed by atoms with Crippen LogP contribution >= 0.6 is 0 Å². The van der Waals surface area contributed by atoms with Gasteiger partial charge < -0.3 is 0 Å². The molecule has 8 heteroatoms. The number of tetrazole rings is 1. The van der Waals surface area contributed by atoms with Gasteiger partial charge in [-0.2, -0.15) is 0 Å². The standard InChI is InChI=1S/C17H19F2N5O/c18-12-1-4-15(19)14(9-12)17(25)11-5-7-23(8-6-11)10-16-20-21-22-24(16)13-2-3-13/h1,4,9,11,13H,2-3,5-8,10H2. The summed E-state index contributed by atoms with van der Waals surface area (Å²) in [5.74, 6) is -0.971. The first-order chi connectivity index (χ1) is 12.1. The molecule has 1 saturated heterocycles. The number of nitrogens with zero attached hydrogens (tertiary/aromatic N) is 5. The van der Waals surface area contributed by atoms with Crippen molar-refractivity contribution in [2.24, 2.45) is 5.92 Å². The number of halogens is 2. The largest absolute Gasteiger partial charge is 0.296 e. The third-order valence-corrected chi connectivity index (χ3v) is 4.97. The van der Waals surface area contributed by atoms with E-state index >= 15 is 0 Å². The van der Waals surface area contributed by atoms with Crippen molar-refractivity contribution in [2.45, 2.75) is 38.3 Å². The first-order valence-corrected chi connectivity index (χ1v) is 8.60. The number of likely N-dealkylation sites (tertiary alicyclic amines) is 1. The maximum Gasteiger partial charge on any atom is 0.169 e. The van der Waals surface area contributed by atoms with Gasteiger partial charge in [0.05, 0.1) is 18.2 Å². The molecule has 0 amide bonds. The van der Waals surface area contributed by atoms with Crippen molar-refractivity contribution in [3.8, 4) is 0 Å². The minimum Gasteiger partial charge on any atom is -0.296 e. The molecule has 1 aromatic heterocycles. The first kappa shape index (κ1) is 16.3. The zero-order chi connectivity index (χ0) is 17.4. The average molecular weight is 347 g/mol. The Kier molecular flexibility index (Phi) is 4.29. The van der Waals surface area contributed by atoms with Gasteiger partial charge in [0.15, 0.2) is 11.6 Å². The Morgan fingerprint density at radius 1 is 1.16 bits per heavy atom. The summed E-state index contributed by atoms with van der Waals surface area (Å²) in [5, 5.41) is 11.9. The van der Waals surface area contributed by atoms with Crippen molar-refractivity contribution in [3.05, 3.63) is 41.2 Å². The number of carbonyl (C=O) groups excluding carboxylic acids is 1. The van der Waals surface area contributed by atoms with Crippen LogP contribution in [0.15, 0.2) is 18.2 Å². The summed E-state index contributed by atoms with van der Waals surface area (Å²) in [6.07, 6.45) is 3.49. The predicted molar refractivity (Wildman–Crippen MR) is 84.8 cm³/mol. The monoisotopic (exact) mass is 347 g/mol. The van der Waals surface area contributed by atoms with E-state index in [2.05, 4.69) is 20.4 Å². The average Bonchev–Trinajstić information content (AvgIpc) is 3.36. The molecular weight excluding hydrogens is 328 g/mol. The topological polar surface area (TPSA) is 63.9 Å². The Morgan fingerprint density at radius 2 is 1.92 bits per heavy atom. The molecule has 2 aliphatic rings. The van der Waals surface area contributed by atoms with Crippen LogP contribution in [-0.4, -0.2) is 44.0 Å². The molecule has 0 bridgehead atoms. The van der Waals surface area contributed by atoms with Gasteiger partial charge in [-0.3, -0.25) is 9.69 Å². The van der Waals surface area contributed by atoms with E-state index in [1.807, 2.05) is 4.68 Å². The van der Waals surface area contributed by atoms with Crippen molar-refractivity contribution in [3.63, 3.8) is 0 Å². The van der Waals surface area contributed by atoms with E-state index in [1.54, 1.807) is 0 Å². The van der Waals surface area contributed by atoms with Crippen LogP contribution in [0.5, 0.6) is 0 Å². The van der Waals surface area contributed by atoms with Gasteiger partial charge in [0.1, 0.15) is 11.6 Å². The van der Waals surface area contributed by atoms with E-state index < -0.39 is 11.6 Å². The van der Waals surface area contributed by atoms with Gasteiger partial charge >= 0.3 is 0 Å². The van der Waals surface area contributed by atoms with E-state index in [4.69, 9.17) is 0 Å². The van der Waals surface area contributed by atoms with Crippen molar-refractivity contribution >= 4 is 5.78 Å². The highest BCUT2D eigenvalue weighted by atomic mass is 19.1. The van der Waals surface area contributed by atoms with Crippen LogP contribution in [0.1, 0.15) is 47.9 Å². The minimum atomic E-state index is -0.655. The zero-order valence-corrected chi connectivity index (χ0v) is 13.7. The molecule has 0 unspecified atom stereocenters. The maximum atomic E-state index is 13.8. The third-order valence-electron chi connectivity index (χ3n) is 4.97. The Morgan fingerprint density at radius 3 is 2.64 bits per heavy atom. The van der Waals surface area contributed by atoms with Crippen LogP contribution in [0.2, 0.25) is 0 Å². The summed E-state index contributed by atoms with van der Waals surface area (Å²) in [4.78, 5) is 14.7. The van der Waals surface area contributed by atoms with Crippen molar-refractivity contribution in [1.82, 2.24) is 25.1 Å². The first-order valence-electron chi connectivity index (χ1n) is 8.60. The summed E-state index contributed by atoms with van der Waals surface area (Å²) in [6.45, 7) is 2.08. The lowest BCUT2D eigenvalue weighted by Gasteiger charge is -2.30. The molecule has 1 aliphatic heterocycles. The van der Waals surface area contributed by atoms with E-state index in [0.717, 1.165) is 36.9 Å². The molecular formula is C17H19F2N5O. The highest BCUT2D eigenvalue weighted by Gasteiger charge is 2.31. The van der Waals surface area contributed by atoms with Gasteiger partial charge in [0.25, 0.3) is 0 Å². The van der Waals surface area contributed by atoms with Crippen molar-refractivity contribution < 1.29 is 13.6 Å². The Labute approximate surface area is 143 Å². The van der Waals surface area contributed by atoms with Crippen LogP contribution in [0.25, 0.3) is 0 Å². The fraction of sp³-hybridized carbons (Fsp3) is 0.529. The second-order valence-electron chi connectivity index (χ2n) is 6.81. The molecule has 132 valence electrons. The van der Waals surface area contributed by atoms with E-state index in [9.17, 15) is 13.6 Å². The maximum absolute atomic E-state index is 13.8. The summed E-state index contributed by atoms with van der Waals surface area (Å²) in [5.41, 5.74) is -0.142. The minimum absolute atomic E-state index is 0.142. The lowest BCUT2D eigenvalue weighted by Crippen LogP contribution is -2.36.